The van der Waals surface area contributed by atoms with Gasteiger partial charge in [-0.3, -0.25) is 0 Å². The Kier molecular flexibility index (Phi) is 28.0. The maximum absolute atomic E-state index is 8.55. The van der Waals surface area contributed by atoms with Crippen LogP contribution in [0.3, 0.4) is 0 Å². The monoisotopic (exact) mass is 320 g/mol. The van der Waals surface area contributed by atoms with Crippen molar-refractivity contribution in [2.75, 3.05) is 0 Å². The van der Waals surface area contributed by atoms with Gasteiger partial charge in [0.2, 0.25) is 0 Å². The van der Waals surface area contributed by atoms with Gasteiger partial charge in [-0.1, -0.05) is 0 Å². The third-order valence-corrected chi connectivity index (χ3v) is 0. The van der Waals surface area contributed by atoms with Crippen molar-refractivity contribution in [3.63, 3.8) is 0 Å². The largest absolute Gasteiger partial charge is 3.00 e. The third-order valence-electron chi connectivity index (χ3n) is 0. The molecule has 0 fully saturated rings. The first-order valence-electron chi connectivity index (χ1n) is 1.46. The van der Waals surface area contributed by atoms with Crippen molar-refractivity contribution >= 4 is 15.6 Å². The molecule has 0 N–H and O–H groups in total. The molecule has 0 amide bonds. The summed E-state index contributed by atoms with van der Waals surface area (Å²) in [5, 5.41) is 0. The molecule has 0 saturated carbocycles. The predicted octanol–water partition coefficient (Wildman–Crippen LogP) is -8.65. The summed E-state index contributed by atoms with van der Waals surface area (Å²) in [6, 6.07) is 0. The summed E-state index contributed by atoms with van der Waals surface area (Å²) < 4.78 is 17.1. The van der Waals surface area contributed by atoms with E-state index in [9.17, 15) is 0 Å². The van der Waals surface area contributed by atoms with Crippen LogP contribution in [0.25, 0.3) is 0 Å². The minimum Gasteiger partial charge on any atom is -0.822 e. The molecule has 0 aliphatic heterocycles. The zero-order valence-electron chi connectivity index (χ0n) is 5.95. The molecule has 0 bridgehead atoms. The Morgan fingerprint density at radius 2 is 0.692 bits per heavy atom. The van der Waals surface area contributed by atoms with E-state index in [0.29, 0.717) is 0 Å². The number of rotatable bonds is 0. The average Bonchev–Trinajstić information content (AvgIpc) is 1.12. The van der Waals surface area contributed by atoms with Crippen LogP contribution in [0.4, 0.5) is 0 Å². The van der Waals surface area contributed by atoms with E-state index in [1.54, 1.807) is 0 Å². The maximum atomic E-state index is 8.55. The molecule has 0 aromatic carbocycles. The quantitative estimate of drug-likeness (QED) is 0.312. The van der Waals surface area contributed by atoms with E-state index in [0.717, 1.165) is 0 Å². The van der Waals surface area contributed by atoms with Crippen molar-refractivity contribution in [2.45, 2.75) is 0 Å². The van der Waals surface area contributed by atoms with Crippen LogP contribution in [-0.4, -0.2) is 0 Å². The zero-order valence-corrected chi connectivity index (χ0v) is 12.2. The van der Waals surface area contributed by atoms with Gasteiger partial charge in [-0.2, -0.15) is 15.6 Å². The van der Waals surface area contributed by atoms with Gasteiger partial charge < -0.3 is 38.5 Å². The van der Waals surface area contributed by atoms with Gasteiger partial charge in [0.05, 0.1) is 0 Å². The van der Waals surface area contributed by atoms with Crippen LogP contribution in [0, 0.1) is 0 Å². The summed E-state index contributed by atoms with van der Waals surface area (Å²) in [6.45, 7) is 0. The van der Waals surface area contributed by atoms with Crippen LogP contribution in [-0.2, 0) is 43.6 Å². The molecule has 0 saturated heterocycles. The van der Waals surface area contributed by atoms with Gasteiger partial charge in [0.25, 0.3) is 0 Å². The molecule has 0 aliphatic rings. The summed E-state index contributed by atoms with van der Waals surface area (Å²) in [4.78, 5) is 51.3. The SMILES string of the molecule is O=P([O-])([O-])[O-].O=P([O-])([O-])[O-].[Cr+3].[Mn+2].[Na+]. The smallest absolute Gasteiger partial charge is 0.822 e. The molecule has 8 nitrogen and oxygen atoms in total. The van der Waals surface area contributed by atoms with Gasteiger partial charge in [0, 0.05) is 0 Å². The first-order chi connectivity index (χ1) is 4.00. The molecule has 0 unspecified atom stereocenters. The molecule has 2 radical (unpaired) electrons. The summed E-state index contributed by atoms with van der Waals surface area (Å²) >= 11 is 0. The Morgan fingerprint density at radius 3 is 0.692 bits per heavy atom. The molecule has 13 heteroatoms. The van der Waals surface area contributed by atoms with Crippen molar-refractivity contribution in [1.82, 2.24) is 0 Å². The van der Waals surface area contributed by atoms with Gasteiger partial charge in [-0.05, 0) is 0 Å². The molecule has 13 heavy (non-hydrogen) atoms. The minimum atomic E-state index is -5.39. The van der Waals surface area contributed by atoms with Gasteiger partial charge in [0.1, 0.15) is 0 Å². The van der Waals surface area contributed by atoms with Gasteiger partial charge in [-0.25, -0.2) is 0 Å². The van der Waals surface area contributed by atoms with E-state index < -0.39 is 15.6 Å². The molecule has 0 spiro atoms. The van der Waals surface area contributed by atoms with Crippen molar-refractivity contribution in [3.05, 3.63) is 0 Å². The fourth-order valence-corrected chi connectivity index (χ4v) is 0. The molecular formula is CrMnNaO8P2. The minimum absolute atomic E-state index is 0. The van der Waals surface area contributed by atoms with Crippen LogP contribution >= 0.6 is 15.6 Å². The van der Waals surface area contributed by atoms with Gasteiger partial charge in [-0.15, -0.1) is 0 Å². The second kappa shape index (κ2) is 12.3. The normalized spacial score (nSPS) is 9.08. The summed E-state index contributed by atoms with van der Waals surface area (Å²) in [7, 11) is -10.8. The van der Waals surface area contributed by atoms with E-state index >= 15 is 0 Å². The molecule has 72 valence electrons. The van der Waals surface area contributed by atoms with Crippen molar-refractivity contribution in [1.29, 1.82) is 0 Å². The molecule has 0 heterocycles. The Morgan fingerprint density at radius 1 is 0.692 bits per heavy atom. The van der Waals surface area contributed by atoms with Gasteiger partial charge >= 0.3 is 64.0 Å². The predicted molar refractivity (Wildman–Crippen MR) is 15.2 cm³/mol. The van der Waals surface area contributed by atoms with Crippen molar-refractivity contribution < 1.29 is 102 Å². The van der Waals surface area contributed by atoms with Crippen LogP contribution < -0.4 is 58.9 Å². The molecule has 0 aromatic rings. The van der Waals surface area contributed by atoms with E-state index in [4.69, 9.17) is 38.5 Å². The molecular weight excluding hydrogens is 320 g/mol. The summed E-state index contributed by atoms with van der Waals surface area (Å²) in [6.07, 6.45) is 0. The fraction of sp³-hybridized carbons (Fsp3) is 0. The molecule has 0 aromatic heterocycles. The van der Waals surface area contributed by atoms with E-state index in [1.807, 2.05) is 0 Å². The first-order valence-corrected chi connectivity index (χ1v) is 4.38. The fourth-order valence-electron chi connectivity index (χ4n) is 0. The number of hydrogen-bond donors (Lipinski definition) is 0. The van der Waals surface area contributed by atoms with E-state index in [-0.39, 0.29) is 64.0 Å². The first kappa shape index (κ1) is 29.5. The van der Waals surface area contributed by atoms with Crippen LogP contribution in [0.2, 0.25) is 0 Å². The molecule has 0 atom stereocenters. The standard InChI is InChI=1S/Cr.Mn.Na.2H3O4P/c;;;2*1-5(2,3)4/h;;;2*(H3,1,2,3,4)/q+3;+2;+1;;/p-6. The van der Waals surface area contributed by atoms with Crippen molar-refractivity contribution in [2.24, 2.45) is 0 Å². The Balaban J connectivity index is -0.0000000267. The average molecular weight is 320 g/mol. The second-order valence-corrected chi connectivity index (χ2v) is 2.68. The summed E-state index contributed by atoms with van der Waals surface area (Å²) in [5.41, 5.74) is 0. The van der Waals surface area contributed by atoms with E-state index in [2.05, 4.69) is 0 Å². The number of phosphoric acid groups is 2. The van der Waals surface area contributed by atoms with Crippen LogP contribution in [0.15, 0.2) is 0 Å². The number of hydrogen-bond acceptors (Lipinski definition) is 8. The maximum Gasteiger partial charge on any atom is 3.00 e. The topological polar surface area (TPSA) is 172 Å². The third kappa shape index (κ3) is 416. The Hall–Kier alpha value is 2.27. The van der Waals surface area contributed by atoms with Crippen LogP contribution in [0.1, 0.15) is 0 Å². The van der Waals surface area contributed by atoms with Crippen molar-refractivity contribution in [3.8, 4) is 0 Å². The van der Waals surface area contributed by atoms with Gasteiger partial charge in [0.15, 0.2) is 0 Å². The summed E-state index contributed by atoms with van der Waals surface area (Å²) in [5.74, 6) is 0. The molecule has 0 aliphatic carbocycles. The van der Waals surface area contributed by atoms with Crippen LogP contribution in [0.5, 0.6) is 0 Å². The Labute approximate surface area is 117 Å². The second-order valence-electron chi connectivity index (χ2n) is 0.894. The Bertz CT molecular complexity index is 134. The zero-order chi connectivity index (χ0) is 9.00. The van der Waals surface area contributed by atoms with E-state index in [1.165, 1.54) is 0 Å². The molecule has 0 rings (SSSR count).